The maximum Gasteiger partial charge on any atom is 0.321 e. The Labute approximate surface area is 170 Å². The van der Waals surface area contributed by atoms with E-state index in [0.29, 0.717) is 11.3 Å². The van der Waals surface area contributed by atoms with Gasteiger partial charge in [0, 0.05) is 29.1 Å². The van der Waals surface area contributed by atoms with E-state index in [1.54, 1.807) is 43.8 Å². The van der Waals surface area contributed by atoms with Crippen LogP contribution in [0.1, 0.15) is 37.6 Å². The highest BCUT2D eigenvalue weighted by Crippen LogP contribution is 2.23. The van der Waals surface area contributed by atoms with Crippen molar-refractivity contribution in [3.63, 3.8) is 0 Å². The number of methoxy groups -OCH3 is 1. The van der Waals surface area contributed by atoms with Crippen molar-refractivity contribution in [2.24, 2.45) is 0 Å². The van der Waals surface area contributed by atoms with Gasteiger partial charge in [-0.05, 0) is 62.2 Å². The van der Waals surface area contributed by atoms with Crippen molar-refractivity contribution in [3.05, 3.63) is 66.5 Å². The summed E-state index contributed by atoms with van der Waals surface area (Å²) in [5, 5.41) is 3.03. The van der Waals surface area contributed by atoms with Crippen molar-refractivity contribution in [2.45, 2.75) is 32.7 Å². The highest BCUT2D eigenvalue weighted by atomic mass is 16.5. The zero-order valence-corrected chi connectivity index (χ0v) is 17.1. The van der Waals surface area contributed by atoms with Gasteiger partial charge in [-0.2, -0.15) is 0 Å². The normalized spacial score (nSPS) is 11.0. The van der Waals surface area contributed by atoms with Gasteiger partial charge in [0.2, 0.25) is 0 Å². The minimum absolute atomic E-state index is 0.0807. The minimum atomic E-state index is -0.233. The van der Waals surface area contributed by atoms with Gasteiger partial charge in [-0.3, -0.25) is 4.79 Å². The van der Waals surface area contributed by atoms with Crippen LogP contribution in [-0.2, 0) is 0 Å². The monoisotopic (exact) mass is 391 g/mol. The van der Waals surface area contributed by atoms with E-state index >= 15 is 0 Å². The fourth-order valence-electron chi connectivity index (χ4n) is 2.55. The zero-order valence-electron chi connectivity index (χ0n) is 17.1. The number of aromatic nitrogens is 2. The van der Waals surface area contributed by atoms with E-state index in [2.05, 4.69) is 15.3 Å². The van der Waals surface area contributed by atoms with Gasteiger partial charge in [-0.15, -0.1) is 0 Å². The minimum Gasteiger partial charge on any atom is -0.497 e. The van der Waals surface area contributed by atoms with E-state index in [9.17, 15) is 4.79 Å². The number of hydrogen-bond acceptors (Lipinski definition) is 5. The Morgan fingerprint density at radius 1 is 0.931 bits per heavy atom. The molecule has 0 bridgehead atoms. The molecular formula is C23H25N3O3. The van der Waals surface area contributed by atoms with Gasteiger partial charge in [0.25, 0.3) is 5.91 Å². The Bertz CT molecular complexity index is 950. The highest BCUT2D eigenvalue weighted by Gasteiger charge is 2.18. The van der Waals surface area contributed by atoms with Crippen LogP contribution < -0.4 is 14.8 Å². The summed E-state index contributed by atoms with van der Waals surface area (Å²) < 4.78 is 10.8. The molecule has 1 aromatic heterocycles. The molecule has 0 fully saturated rings. The Morgan fingerprint density at radius 3 is 2.07 bits per heavy atom. The zero-order chi connectivity index (χ0) is 20.9. The average Bonchev–Trinajstić information content (AvgIpc) is 2.75. The largest absolute Gasteiger partial charge is 0.497 e. The lowest BCUT2D eigenvalue weighted by Crippen LogP contribution is -2.42. The first-order chi connectivity index (χ1) is 13.9. The summed E-state index contributed by atoms with van der Waals surface area (Å²) in [7, 11) is 1.61. The molecule has 6 heteroatoms. The molecule has 0 atom stereocenters. The number of nitrogens with zero attached hydrogens (tertiary/aromatic N) is 2. The molecule has 1 N–H and O–H groups in total. The van der Waals surface area contributed by atoms with Crippen LogP contribution in [-0.4, -0.2) is 28.5 Å². The first-order valence-electron chi connectivity index (χ1n) is 9.47. The smallest absolute Gasteiger partial charge is 0.321 e. The second-order valence-corrected chi connectivity index (χ2v) is 7.30. The number of nitrogens with one attached hydrogen (secondary N) is 1. The topological polar surface area (TPSA) is 73.3 Å². The fraction of sp³-hybridized carbons (Fsp3) is 0.261. The molecule has 0 aliphatic heterocycles. The van der Waals surface area contributed by atoms with Crippen LogP contribution >= 0.6 is 0 Å². The second-order valence-electron chi connectivity index (χ2n) is 7.30. The van der Waals surface area contributed by atoms with E-state index in [4.69, 9.17) is 9.47 Å². The highest BCUT2D eigenvalue weighted by molar-refractivity contribution is 5.95. The summed E-state index contributed by atoms with van der Waals surface area (Å²) in [6, 6.07) is 14.8. The molecule has 6 nitrogen and oxygen atoms in total. The van der Waals surface area contributed by atoms with Crippen molar-refractivity contribution in [3.8, 4) is 28.6 Å². The first kappa shape index (κ1) is 20.3. The summed E-state index contributed by atoms with van der Waals surface area (Å²) in [5.74, 6) is 1.30. The van der Waals surface area contributed by atoms with Gasteiger partial charge in [0.1, 0.15) is 11.5 Å². The van der Waals surface area contributed by atoms with Crippen LogP contribution in [0, 0.1) is 0 Å². The summed E-state index contributed by atoms with van der Waals surface area (Å²) >= 11 is 0. The number of ether oxygens (including phenoxy) is 2. The fourth-order valence-corrected chi connectivity index (χ4v) is 2.55. The molecule has 29 heavy (non-hydrogen) atoms. The Hall–Kier alpha value is -3.41. The molecule has 150 valence electrons. The van der Waals surface area contributed by atoms with Crippen molar-refractivity contribution in [2.75, 3.05) is 7.11 Å². The summed E-state index contributed by atoms with van der Waals surface area (Å²) in [6.45, 7) is 6.06. The van der Waals surface area contributed by atoms with Crippen molar-refractivity contribution >= 4 is 5.91 Å². The first-order valence-corrected chi connectivity index (χ1v) is 9.47. The molecule has 0 spiro atoms. The number of benzene rings is 2. The van der Waals surface area contributed by atoms with Crippen LogP contribution in [0.4, 0.5) is 0 Å². The van der Waals surface area contributed by atoms with Crippen molar-refractivity contribution in [1.82, 2.24) is 15.3 Å². The van der Waals surface area contributed by atoms with Crippen LogP contribution in [0.2, 0.25) is 0 Å². The Kier molecular flexibility index (Phi) is 6.12. The Balaban J connectivity index is 1.67. The lowest BCUT2D eigenvalue weighted by molar-refractivity contribution is 0.0911. The molecule has 3 rings (SSSR count). The van der Waals surface area contributed by atoms with Crippen LogP contribution in [0.15, 0.2) is 60.9 Å². The lowest BCUT2D eigenvalue weighted by Gasteiger charge is -2.24. The SMILES string of the molecule is CCC(C)(C)NC(=O)c1ccc(-c2cnc(Oc3ccc(OC)cc3)nc2)cc1. The number of amides is 1. The van der Waals surface area contributed by atoms with Gasteiger partial charge < -0.3 is 14.8 Å². The molecule has 0 radical (unpaired) electrons. The number of rotatable bonds is 7. The molecule has 3 aromatic rings. The van der Waals surface area contributed by atoms with Crippen LogP contribution in [0.3, 0.4) is 0 Å². The van der Waals surface area contributed by atoms with E-state index in [1.807, 2.05) is 45.0 Å². The molecule has 0 saturated heterocycles. The van der Waals surface area contributed by atoms with Gasteiger partial charge in [-0.25, -0.2) is 9.97 Å². The van der Waals surface area contributed by atoms with Crippen LogP contribution in [0.25, 0.3) is 11.1 Å². The van der Waals surface area contributed by atoms with Crippen molar-refractivity contribution in [1.29, 1.82) is 0 Å². The maximum atomic E-state index is 12.4. The third-order valence-electron chi connectivity index (χ3n) is 4.71. The number of carbonyl (C=O) groups is 1. The average molecular weight is 391 g/mol. The molecule has 0 unspecified atom stereocenters. The molecular weight excluding hydrogens is 366 g/mol. The number of hydrogen-bond donors (Lipinski definition) is 1. The Morgan fingerprint density at radius 2 is 1.52 bits per heavy atom. The van der Waals surface area contributed by atoms with E-state index in [1.165, 1.54) is 0 Å². The molecule has 0 saturated carbocycles. The molecule has 0 aliphatic carbocycles. The van der Waals surface area contributed by atoms with Gasteiger partial charge >= 0.3 is 6.01 Å². The molecule has 2 aromatic carbocycles. The van der Waals surface area contributed by atoms with E-state index < -0.39 is 0 Å². The number of carbonyl (C=O) groups excluding carboxylic acids is 1. The van der Waals surface area contributed by atoms with E-state index in [0.717, 1.165) is 23.3 Å². The van der Waals surface area contributed by atoms with E-state index in [-0.39, 0.29) is 17.5 Å². The quantitative estimate of drug-likeness (QED) is 0.622. The summed E-state index contributed by atoms with van der Waals surface area (Å²) in [4.78, 5) is 20.9. The van der Waals surface area contributed by atoms with Crippen molar-refractivity contribution < 1.29 is 14.3 Å². The lowest BCUT2D eigenvalue weighted by atomic mass is 10.0. The maximum absolute atomic E-state index is 12.4. The van der Waals surface area contributed by atoms with Gasteiger partial charge in [0.05, 0.1) is 7.11 Å². The predicted molar refractivity (Wildman–Crippen MR) is 112 cm³/mol. The van der Waals surface area contributed by atoms with Crippen LogP contribution in [0.5, 0.6) is 17.5 Å². The third kappa shape index (κ3) is 5.31. The molecule has 1 heterocycles. The molecule has 1 amide bonds. The van der Waals surface area contributed by atoms with Gasteiger partial charge in [-0.1, -0.05) is 19.1 Å². The van der Waals surface area contributed by atoms with Gasteiger partial charge in [0.15, 0.2) is 0 Å². The predicted octanol–water partition coefficient (Wildman–Crippen LogP) is 4.86. The third-order valence-corrected chi connectivity index (χ3v) is 4.71. The standard InChI is InChI=1S/C23H25N3O3/c1-5-23(2,3)26-21(27)17-8-6-16(7-9-17)18-14-24-22(25-15-18)29-20-12-10-19(28-4)11-13-20/h6-15H,5H2,1-4H3,(H,26,27). The second kappa shape index (κ2) is 8.73. The summed E-state index contributed by atoms with van der Waals surface area (Å²) in [5.41, 5.74) is 2.15. The molecule has 0 aliphatic rings. The summed E-state index contributed by atoms with van der Waals surface area (Å²) in [6.07, 6.45) is 4.25.